The Morgan fingerprint density at radius 2 is 1.56 bits per heavy atom. The highest BCUT2D eigenvalue weighted by molar-refractivity contribution is 6.74. The first-order chi connectivity index (χ1) is 7.80. The zero-order valence-electron chi connectivity index (χ0n) is 12.7. The van der Waals surface area contributed by atoms with Gasteiger partial charge in [-0.25, -0.2) is 4.79 Å². The first-order valence-corrected chi connectivity index (χ1v) is 8.93. The highest BCUT2D eigenvalue weighted by Crippen LogP contribution is 2.37. The average Bonchev–Trinajstić information content (AvgIpc) is 2.09. The molecular weight excluding hydrogens is 246 g/mol. The van der Waals surface area contributed by atoms with Crippen molar-refractivity contribution in [3.8, 4) is 0 Å². The van der Waals surface area contributed by atoms with E-state index in [0.717, 1.165) is 0 Å². The van der Waals surface area contributed by atoms with Crippen LogP contribution in [0.25, 0.3) is 0 Å². The molecule has 0 heterocycles. The lowest BCUT2D eigenvalue weighted by atomic mass is 10.2. The lowest BCUT2D eigenvalue weighted by Crippen LogP contribution is -2.42. The molecule has 0 aromatic rings. The Labute approximate surface area is 111 Å². The number of hydrogen-bond acceptors (Lipinski definition) is 4. The van der Waals surface area contributed by atoms with Crippen LogP contribution in [0.2, 0.25) is 18.1 Å². The summed E-state index contributed by atoms with van der Waals surface area (Å²) in [5.74, 6) is 1.31. The van der Waals surface area contributed by atoms with E-state index in [2.05, 4.69) is 26.6 Å². The summed E-state index contributed by atoms with van der Waals surface area (Å²) < 4.78 is 10.9. The lowest BCUT2D eigenvalue weighted by Gasteiger charge is -2.36. The van der Waals surface area contributed by atoms with Crippen LogP contribution < -0.4 is 0 Å². The molecule has 0 aliphatic heterocycles. The summed E-state index contributed by atoms with van der Waals surface area (Å²) >= 11 is 0. The van der Waals surface area contributed by atoms with Gasteiger partial charge in [-0.05, 0) is 38.9 Å². The molecule has 0 saturated heterocycles. The molecule has 5 heteroatoms. The molecule has 0 bridgehead atoms. The van der Waals surface area contributed by atoms with E-state index in [1.807, 2.05) is 13.1 Å². The number of carbonyl (C=O) groups excluding carboxylic acids is 1. The van der Waals surface area contributed by atoms with Crippen molar-refractivity contribution < 1.29 is 14.0 Å². The minimum atomic E-state index is -2.15. The molecule has 0 saturated carbocycles. The van der Waals surface area contributed by atoms with Gasteiger partial charge in [-0.15, -0.1) is 0 Å². The van der Waals surface area contributed by atoms with E-state index in [1.165, 1.54) is 0 Å². The molecule has 0 fully saturated rings. The van der Waals surface area contributed by atoms with Crippen LogP contribution in [0, 0.1) is 5.41 Å². The van der Waals surface area contributed by atoms with Gasteiger partial charge in [0.05, 0.1) is 0 Å². The number of ether oxygens (including phenoxy) is 1. The maximum absolute atomic E-state index is 11.9. The Hall–Kier alpha value is -1.06. The number of nitrogens with one attached hydrogen (secondary N) is 1. The van der Waals surface area contributed by atoms with Crippen molar-refractivity contribution >= 4 is 20.2 Å². The normalized spacial score (nSPS) is 12.7. The second kappa shape index (κ2) is 5.29. The summed E-state index contributed by atoms with van der Waals surface area (Å²) in [5.41, 5.74) is -0.601. The van der Waals surface area contributed by atoms with Crippen LogP contribution in [0.4, 0.5) is 0 Å². The second-order valence-corrected chi connectivity index (χ2v) is 11.5. The van der Waals surface area contributed by atoms with Gasteiger partial charge in [-0.1, -0.05) is 20.8 Å². The van der Waals surface area contributed by atoms with Gasteiger partial charge in [-0.3, -0.25) is 5.41 Å². The molecule has 0 amide bonds. The first kappa shape index (κ1) is 16.9. The number of esters is 1. The van der Waals surface area contributed by atoms with E-state index in [9.17, 15) is 4.79 Å². The third-order valence-corrected chi connectivity index (χ3v) is 7.19. The third-order valence-electron chi connectivity index (χ3n) is 2.86. The van der Waals surface area contributed by atoms with Crippen LogP contribution in [0.1, 0.15) is 41.5 Å². The van der Waals surface area contributed by atoms with E-state index >= 15 is 0 Å². The van der Waals surface area contributed by atoms with Gasteiger partial charge in [0.2, 0.25) is 0 Å². The van der Waals surface area contributed by atoms with Crippen LogP contribution in [0.15, 0.2) is 5.76 Å². The predicted molar refractivity (Wildman–Crippen MR) is 75.4 cm³/mol. The van der Waals surface area contributed by atoms with E-state index in [4.69, 9.17) is 14.6 Å². The number of carbonyl (C=O) groups is 1. The lowest BCUT2D eigenvalue weighted by molar-refractivity contribution is -0.152. The second-order valence-electron chi connectivity index (χ2n) is 6.82. The van der Waals surface area contributed by atoms with Crippen LogP contribution in [-0.2, 0) is 14.0 Å². The molecule has 104 valence electrons. The number of rotatable bonds is 3. The van der Waals surface area contributed by atoms with Crippen LogP contribution in [0.5, 0.6) is 0 Å². The van der Waals surface area contributed by atoms with Crippen molar-refractivity contribution in [2.45, 2.75) is 65.3 Å². The topological polar surface area (TPSA) is 59.4 Å². The summed E-state index contributed by atoms with van der Waals surface area (Å²) in [6, 6.07) is 0. The highest BCUT2D eigenvalue weighted by Gasteiger charge is 2.41. The van der Waals surface area contributed by atoms with Crippen molar-refractivity contribution in [1.82, 2.24) is 0 Å². The van der Waals surface area contributed by atoms with E-state index in [0.29, 0.717) is 0 Å². The third kappa shape index (κ3) is 5.06. The Morgan fingerprint density at radius 3 is 1.83 bits per heavy atom. The molecule has 4 nitrogen and oxygen atoms in total. The number of hydrogen-bond donors (Lipinski definition) is 1. The van der Waals surface area contributed by atoms with Crippen molar-refractivity contribution in [2.75, 3.05) is 0 Å². The van der Waals surface area contributed by atoms with Crippen molar-refractivity contribution in [2.24, 2.45) is 0 Å². The molecule has 18 heavy (non-hydrogen) atoms. The maximum Gasteiger partial charge on any atom is 0.382 e. The fourth-order valence-electron chi connectivity index (χ4n) is 0.851. The van der Waals surface area contributed by atoms with Crippen molar-refractivity contribution in [3.63, 3.8) is 0 Å². The molecule has 0 aromatic heterocycles. The van der Waals surface area contributed by atoms with E-state index in [1.54, 1.807) is 20.8 Å². The van der Waals surface area contributed by atoms with Crippen LogP contribution in [0.3, 0.4) is 0 Å². The van der Waals surface area contributed by atoms with Gasteiger partial charge in [0, 0.05) is 5.87 Å². The molecule has 0 rings (SSSR count). The fraction of sp³-hybridized carbons (Fsp3) is 0.769. The fourth-order valence-corrected chi connectivity index (χ4v) is 1.80. The van der Waals surface area contributed by atoms with E-state index in [-0.39, 0.29) is 10.8 Å². The molecule has 0 aliphatic carbocycles. The zero-order chi connectivity index (χ0) is 14.8. The SMILES string of the molecule is CC(C)(C)OC(=O)C(=C=N)O[Si](C)(C)C(C)(C)C. The summed E-state index contributed by atoms with van der Waals surface area (Å²) in [7, 11) is -2.15. The highest BCUT2D eigenvalue weighted by atomic mass is 28.4. The summed E-state index contributed by atoms with van der Waals surface area (Å²) in [4.78, 5) is 11.9. The standard InChI is InChI=1S/C13H25NO3Si/c1-12(2,3)16-11(15)10(9-14)17-18(7,8)13(4,5)6/h14H,1-8H3. The maximum atomic E-state index is 11.9. The van der Waals surface area contributed by atoms with Gasteiger partial charge < -0.3 is 9.16 Å². The quantitative estimate of drug-likeness (QED) is 0.281. The van der Waals surface area contributed by atoms with Crippen molar-refractivity contribution in [1.29, 1.82) is 5.41 Å². The Kier molecular flexibility index (Phi) is 4.97. The molecule has 0 unspecified atom stereocenters. The Balaban J connectivity index is 4.97. The van der Waals surface area contributed by atoms with E-state index < -0.39 is 19.9 Å². The largest absolute Gasteiger partial charge is 0.532 e. The smallest absolute Gasteiger partial charge is 0.382 e. The summed E-state index contributed by atoms with van der Waals surface area (Å²) in [6.07, 6.45) is 0. The summed E-state index contributed by atoms with van der Waals surface area (Å²) in [6.45, 7) is 15.5. The molecular formula is C13H25NO3Si. The predicted octanol–water partition coefficient (Wildman–Crippen LogP) is 3.48. The minimum absolute atomic E-state index is 0.0445. The summed E-state index contributed by atoms with van der Waals surface area (Å²) in [5, 5.41) is 7.15. The molecule has 0 atom stereocenters. The van der Waals surface area contributed by atoms with Crippen LogP contribution >= 0.6 is 0 Å². The molecule has 0 radical (unpaired) electrons. The molecule has 0 aliphatic rings. The Bertz CT molecular complexity index is 369. The van der Waals surface area contributed by atoms with Crippen LogP contribution in [-0.4, -0.2) is 25.8 Å². The molecule has 0 spiro atoms. The Morgan fingerprint density at radius 1 is 1.11 bits per heavy atom. The molecule has 0 aromatic carbocycles. The average molecular weight is 271 g/mol. The monoisotopic (exact) mass is 271 g/mol. The minimum Gasteiger partial charge on any atom is -0.532 e. The van der Waals surface area contributed by atoms with Gasteiger partial charge in [-0.2, -0.15) is 0 Å². The first-order valence-electron chi connectivity index (χ1n) is 6.02. The van der Waals surface area contributed by atoms with Crippen molar-refractivity contribution in [3.05, 3.63) is 5.76 Å². The van der Waals surface area contributed by atoms with Gasteiger partial charge in [0.1, 0.15) is 5.60 Å². The zero-order valence-corrected chi connectivity index (χ0v) is 13.7. The molecule has 1 N–H and O–H groups in total. The van der Waals surface area contributed by atoms with Gasteiger partial charge in [0.25, 0.3) is 14.1 Å². The van der Waals surface area contributed by atoms with Gasteiger partial charge in [0.15, 0.2) is 0 Å². The van der Waals surface area contributed by atoms with Gasteiger partial charge >= 0.3 is 5.97 Å².